The van der Waals surface area contributed by atoms with E-state index in [2.05, 4.69) is 0 Å². The zero-order valence-corrected chi connectivity index (χ0v) is 8.68. The van der Waals surface area contributed by atoms with Crippen LogP contribution in [-0.2, 0) is 10.0 Å². The van der Waals surface area contributed by atoms with Gasteiger partial charge in [0.2, 0.25) is 0 Å². The van der Waals surface area contributed by atoms with Gasteiger partial charge in [-0.05, 0) is 18.8 Å². The van der Waals surface area contributed by atoms with E-state index >= 15 is 0 Å². The van der Waals surface area contributed by atoms with Gasteiger partial charge in [-0.25, -0.2) is 8.42 Å². The molecule has 1 fully saturated rings. The fourth-order valence-electron chi connectivity index (χ4n) is 1.43. The number of hydrogen-bond donors (Lipinski definition) is 1. The van der Waals surface area contributed by atoms with Gasteiger partial charge >= 0.3 is 5.76 Å². The van der Waals surface area contributed by atoms with Crippen LogP contribution in [0.25, 0.3) is 0 Å². The van der Waals surface area contributed by atoms with Crippen molar-refractivity contribution in [1.82, 2.24) is 4.31 Å². The largest absolute Gasteiger partial charge is 0.350 e. The van der Waals surface area contributed by atoms with E-state index in [9.17, 15) is 17.2 Å². The first-order valence-electron chi connectivity index (χ1n) is 4.36. The summed E-state index contributed by atoms with van der Waals surface area (Å²) in [6.45, 7) is 0.0904. The quantitative estimate of drug-likeness (QED) is 0.731. The van der Waals surface area contributed by atoms with Crippen LogP contribution < -0.4 is 5.73 Å². The van der Waals surface area contributed by atoms with Crippen molar-refractivity contribution >= 4 is 10.0 Å². The lowest BCUT2D eigenvalue weighted by Crippen LogP contribution is -2.45. The molecule has 2 N–H and O–H groups in total. The van der Waals surface area contributed by atoms with Gasteiger partial charge in [0.25, 0.3) is 10.0 Å². The number of alkyl halides is 2. The van der Waals surface area contributed by atoms with Crippen LogP contribution in [0.5, 0.6) is 0 Å². The first-order valence-corrected chi connectivity index (χ1v) is 5.86. The predicted molar refractivity (Wildman–Crippen MR) is 48.3 cm³/mol. The minimum atomic E-state index is -4.47. The molecule has 0 radical (unpaired) electrons. The van der Waals surface area contributed by atoms with Gasteiger partial charge in [0.15, 0.2) is 0 Å². The third-order valence-corrected chi connectivity index (χ3v) is 4.03. The van der Waals surface area contributed by atoms with Crippen LogP contribution in [0.3, 0.4) is 0 Å². The van der Waals surface area contributed by atoms with E-state index in [-0.39, 0.29) is 12.5 Å². The molecule has 4 nitrogen and oxygen atoms in total. The van der Waals surface area contributed by atoms with Gasteiger partial charge in [-0.3, -0.25) is 0 Å². The van der Waals surface area contributed by atoms with Crippen LogP contribution in [0.15, 0.2) is 0 Å². The van der Waals surface area contributed by atoms with Crippen molar-refractivity contribution in [2.24, 2.45) is 11.7 Å². The molecule has 0 amide bonds. The van der Waals surface area contributed by atoms with Crippen LogP contribution >= 0.6 is 0 Å². The highest BCUT2D eigenvalue weighted by molar-refractivity contribution is 7.89. The van der Waals surface area contributed by atoms with Gasteiger partial charge in [0, 0.05) is 19.6 Å². The lowest BCUT2D eigenvalue weighted by atomic mass is 10.2. The van der Waals surface area contributed by atoms with Crippen molar-refractivity contribution in [3.8, 4) is 0 Å². The molecule has 1 saturated carbocycles. The van der Waals surface area contributed by atoms with E-state index in [1.54, 1.807) is 0 Å². The third kappa shape index (κ3) is 2.21. The summed E-state index contributed by atoms with van der Waals surface area (Å²) >= 11 is 0. The summed E-state index contributed by atoms with van der Waals surface area (Å²) in [5.41, 5.74) is 5.36. The van der Waals surface area contributed by atoms with Crippen LogP contribution in [0.1, 0.15) is 12.8 Å². The molecule has 0 aromatic heterocycles. The Morgan fingerprint density at radius 1 is 1.50 bits per heavy atom. The highest BCUT2D eigenvalue weighted by Crippen LogP contribution is 2.35. The van der Waals surface area contributed by atoms with Gasteiger partial charge in [-0.2, -0.15) is 13.1 Å². The Kier molecular flexibility index (Phi) is 3.44. The normalized spacial score (nSPS) is 20.4. The summed E-state index contributed by atoms with van der Waals surface area (Å²) in [5.74, 6) is -3.21. The molecule has 1 aliphatic rings. The Hall–Kier alpha value is -0.270. The number of sulfonamides is 1. The molecule has 14 heavy (non-hydrogen) atoms. The average Bonchev–Trinajstić information content (AvgIpc) is 2.89. The van der Waals surface area contributed by atoms with E-state index in [0.717, 1.165) is 24.2 Å². The summed E-state index contributed by atoms with van der Waals surface area (Å²) < 4.78 is 47.2. The molecule has 0 aromatic rings. The molecular formula is C7H14F2N2O2S. The Balaban J connectivity index is 2.75. The monoisotopic (exact) mass is 228 g/mol. The summed E-state index contributed by atoms with van der Waals surface area (Å²) in [6.07, 6.45) is 1.73. The molecule has 0 saturated heterocycles. The number of likely N-dealkylation sites (N-methyl/N-ethyl adjacent to an activating group) is 1. The maximum Gasteiger partial charge on any atom is 0.350 e. The molecule has 1 rings (SSSR count). The minimum Gasteiger partial charge on any atom is -0.329 e. The number of nitrogens with two attached hydrogens (primary N) is 1. The second-order valence-corrected chi connectivity index (χ2v) is 5.42. The van der Waals surface area contributed by atoms with Crippen molar-refractivity contribution in [2.45, 2.75) is 24.6 Å². The van der Waals surface area contributed by atoms with E-state index in [0.29, 0.717) is 0 Å². The fourth-order valence-corrected chi connectivity index (χ4v) is 2.32. The molecular weight excluding hydrogens is 214 g/mol. The van der Waals surface area contributed by atoms with Gasteiger partial charge in [0.1, 0.15) is 0 Å². The molecule has 1 aliphatic carbocycles. The van der Waals surface area contributed by atoms with Crippen molar-refractivity contribution in [3.63, 3.8) is 0 Å². The van der Waals surface area contributed by atoms with Crippen molar-refractivity contribution in [1.29, 1.82) is 0 Å². The molecule has 1 unspecified atom stereocenters. The Labute approximate surface area is 82.1 Å². The zero-order chi connectivity index (χ0) is 10.9. The Morgan fingerprint density at radius 2 is 2.00 bits per heavy atom. The number of hydrogen-bond acceptors (Lipinski definition) is 3. The van der Waals surface area contributed by atoms with Crippen LogP contribution in [0.2, 0.25) is 0 Å². The minimum absolute atomic E-state index is 0.0904. The second kappa shape index (κ2) is 4.08. The zero-order valence-electron chi connectivity index (χ0n) is 7.86. The summed E-state index contributed by atoms with van der Waals surface area (Å²) in [7, 11) is -3.31. The molecule has 1 atom stereocenters. The highest BCUT2D eigenvalue weighted by Gasteiger charge is 2.40. The van der Waals surface area contributed by atoms with E-state index in [1.165, 1.54) is 0 Å². The first kappa shape index (κ1) is 11.8. The number of rotatable bonds is 5. The molecule has 0 spiro atoms. The van der Waals surface area contributed by atoms with Crippen LogP contribution in [0.4, 0.5) is 8.78 Å². The Bertz CT molecular complexity index is 290. The molecule has 0 heterocycles. The number of nitrogens with zero attached hydrogens (tertiary/aromatic N) is 1. The van der Waals surface area contributed by atoms with E-state index < -0.39 is 21.8 Å². The van der Waals surface area contributed by atoms with Crippen LogP contribution in [-0.4, -0.2) is 38.1 Å². The van der Waals surface area contributed by atoms with E-state index in [4.69, 9.17) is 5.73 Å². The summed E-state index contributed by atoms with van der Waals surface area (Å²) in [6, 6.07) is -0.478. The fraction of sp³-hybridized carbons (Fsp3) is 1.00. The highest BCUT2D eigenvalue weighted by atomic mass is 32.2. The van der Waals surface area contributed by atoms with Crippen LogP contribution in [0, 0.1) is 5.92 Å². The molecule has 0 aromatic carbocycles. The lowest BCUT2D eigenvalue weighted by Gasteiger charge is -2.25. The smallest absolute Gasteiger partial charge is 0.329 e. The average molecular weight is 228 g/mol. The molecule has 84 valence electrons. The van der Waals surface area contributed by atoms with Gasteiger partial charge in [0.05, 0.1) is 0 Å². The standard InChI is InChI=1S/C7H14F2N2O2S/c1-11(14(12,13)7(8)9)6(4-10)5-2-3-5/h5-7H,2-4,10H2,1H3. The first-order chi connectivity index (χ1) is 6.41. The Morgan fingerprint density at radius 3 is 2.29 bits per heavy atom. The van der Waals surface area contributed by atoms with E-state index in [1.807, 2.05) is 0 Å². The molecule has 7 heteroatoms. The van der Waals surface area contributed by atoms with Gasteiger partial charge in [-0.15, -0.1) is 0 Å². The predicted octanol–water partition coefficient (Wildman–Crippen LogP) is 0.208. The van der Waals surface area contributed by atoms with Crippen molar-refractivity contribution < 1.29 is 17.2 Å². The summed E-state index contributed by atoms with van der Waals surface area (Å²) in [4.78, 5) is 0. The second-order valence-electron chi connectivity index (χ2n) is 3.46. The SMILES string of the molecule is CN(C(CN)C1CC1)S(=O)(=O)C(F)F. The van der Waals surface area contributed by atoms with Gasteiger partial charge in [-0.1, -0.05) is 0 Å². The lowest BCUT2D eigenvalue weighted by molar-refractivity contribution is 0.213. The molecule has 0 aliphatic heterocycles. The van der Waals surface area contributed by atoms with Gasteiger partial charge < -0.3 is 5.73 Å². The third-order valence-electron chi connectivity index (χ3n) is 2.50. The summed E-state index contributed by atoms with van der Waals surface area (Å²) in [5, 5.41) is 0. The maximum atomic E-state index is 12.2. The van der Waals surface area contributed by atoms with Crippen molar-refractivity contribution in [2.75, 3.05) is 13.6 Å². The van der Waals surface area contributed by atoms with Crippen molar-refractivity contribution in [3.05, 3.63) is 0 Å². The topological polar surface area (TPSA) is 63.4 Å². The molecule has 0 bridgehead atoms. The maximum absolute atomic E-state index is 12.2. The number of halogens is 2.